The maximum absolute atomic E-state index is 9.00. The first-order valence-corrected chi connectivity index (χ1v) is 3.48. The lowest BCUT2D eigenvalue weighted by atomic mass is 10.3. The van der Waals surface area contributed by atoms with Gasteiger partial charge < -0.3 is 5.11 Å². The molecule has 0 saturated carbocycles. The molecule has 0 aromatic rings. The molecule has 2 nitrogen and oxygen atoms in total. The molecule has 0 bridgehead atoms. The monoisotopic (exact) mass is 151 g/mol. The standard InChI is InChI=1S/C9H13NO/c1-4-6-10(7-5-2)8-9(3)11/h1-2,9,11H,6-8H2,3H3. The lowest BCUT2D eigenvalue weighted by Gasteiger charge is -2.17. The predicted octanol–water partition coefficient (Wildman–Crippen LogP) is -0.0644. The Balaban J connectivity index is 3.73. The Morgan fingerprint density at radius 1 is 1.36 bits per heavy atom. The normalized spacial score (nSPS) is 12.1. The van der Waals surface area contributed by atoms with Crippen LogP contribution in [0.4, 0.5) is 0 Å². The molecule has 0 aromatic carbocycles. The molecule has 0 aliphatic carbocycles. The van der Waals surface area contributed by atoms with Crippen molar-refractivity contribution in [1.82, 2.24) is 4.90 Å². The molecule has 0 rings (SSSR count). The van der Waals surface area contributed by atoms with Crippen LogP contribution in [-0.2, 0) is 0 Å². The summed E-state index contributed by atoms with van der Waals surface area (Å²) in [5, 5.41) is 9.00. The average molecular weight is 151 g/mol. The Hall–Kier alpha value is -0.960. The first kappa shape index (κ1) is 10.0. The number of nitrogens with zero attached hydrogens (tertiary/aromatic N) is 1. The van der Waals surface area contributed by atoms with E-state index in [2.05, 4.69) is 11.8 Å². The highest BCUT2D eigenvalue weighted by Crippen LogP contribution is 1.89. The van der Waals surface area contributed by atoms with Crippen molar-refractivity contribution in [3.05, 3.63) is 0 Å². The number of aliphatic hydroxyl groups is 1. The smallest absolute Gasteiger partial charge is 0.0639 e. The topological polar surface area (TPSA) is 23.5 Å². The van der Waals surface area contributed by atoms with E-state index in [1.165, 1.54) is 0 Å². The summed E-state index contributed by atoms with van der Waals surface area (Å²) in [7, 11) is 0. The zero-order valence-corrected chi connectivity index (χ0v) is 6.75. The van der Waals surface area contributed by atoms with E-state index in [-0.39, 0.29) is 6.10 Å². The fourth-order valence-corrected chi connectivity index (χ4v) is 0.817. The van der Waals surface area contributed by atoms with Gasteiger partial charge in [-0.3, -0.25) is 4.90 Å². The van der Waals surface area contributed by atoms with Crippen LogP contribution in [0.2, 0.25) is 0 Å². The minimum atomic E-state index is -0.378. The highest BCUT2D eigenvalue weighted by molar-refractivity contribution is 4.94. The molecule has 1 unspecified atom stereocenters. The van der Waals surface area contributed by atoms with Crippen LogP contribution in [-0.4, -0.2) is 35.7 Å². The average Bonchev–Trinajstić information content (AvgIpc) is 1.87. The van der Waals surface area contributed by atoms with Crippen molar-refractivity contribution in [1.29, 1.82) is 0 Å². The van der Waals surface area contributed by atoms with Gasteiger partial charge in [0.25, 0.3) is 0 Å². The Labute approximate surface area is 68.2 Å². The fourth-order valence-electron chi connectivity index (χ4n) is 0.817. The fraction of sp³-hybridized carbons (Fsp3) is 0.556. The zero-order valence-electron chi connectivity index (χ0n) is 6.75. The Bertz CT molecular complexity index is 157. The molecule has 0 heterocycles. The van der Waals surface area contributed by atoms with Crippen LogP contribution < -0.4 is 0 Å². The van der Waals surface area contributed by atoms with Crippen LogP contribution in [0.15, 0.2) is 0 Å². The Morgan fingerprint density at radius 3 is 2.09 bits per heavy atom. The number of hydrogen-bond donors (Lipinski definition) is 1. The lowest BCUT2D eigenvalue weighted by Crippen LogP contribution is -2.31. The molecule has 0 aliphatic rings. The lowest BCUT2D eigenvalue weighted by molar-refractivity contribution is 0.142. The molecule has 0 spiro atoms. The minimum absolute atomic E-state index is 0.378. The number of hydrogen-bond acceptors (Lipinski definition) is 2. The summed E-state index contributed by atoms with van der Waals surface area (Å²) in [4.78, 5) is 1.84. The van der Waals surface area contributed by atoms with Crippen molar-refractivity contribution in [2.75, 3.05) is 19.6 Å². The number of terminal acetylenes is 2. The molecule has 0 radical (unpaired) electrons. The SMILES string of the molecule is C#CCN(CC#C)CC(C)O. The molecule has 2 heteroatoms. The van der Waals surface area contributed by atoms with Crippen LogP contribution in [0, 0.1) is 24.7 Å². The van der Waals surface area contributed by atoms with E-state index < -0.39 is 0 Å². The van der Waals surface area contributed by atoms with Gasteiger partial charge in [0.2, 0.25) is 0 Å². The maximum Gasteiger partial charge on any atom is 0.0639 e. The second-order valence-corrected chi connectivity index (χ2v) is 2.43. The van der Waals surface area contributed by atoms with Gasteiger partial charge in [-0.05, 0) is 6.92 Å². The van der Waals surface area contributed by atoms with E-state index >= 15 is 0 Å². The molecular weight excluding hydrogens is 138 g/mol. The number of rotatable bonds is 4. The quantitative estimate of drug-likeness (QED) is 0.569. The van der Waals surface area contributed by atoms with Crippen LogP contribution in [0.25, 0.3) is 0 Å². The third-order valence-electron chi connectivity index (χ3n) is 1.15. The van der Waals surface area contributed by atoms with Gasteiger partial charge in [-0.2, -0.15) is 0 Å². The zero-order chi connectivity index (χ0) is 8.69. The summed E-state index contributed by atoms with van der Waals surface area (Å²) in [6, 6.07) is 0. The van der Waals surface area contributed by atoms with Crippen molar-refractivity contribution in [3.8, 4) is 24.7 Å². The van der Waals surface area contributed by atoms with Crippen LogP contribution in [0.3, 0.4) is 0 Å². The Kier molecular flexibility index (Phi) is 5.29. The largest absolute Gasteiger partial charge is 0.392 e. The summed E-state index contributed by atoms with van der Waals surface area (Å²) >= 11 is 0. The van der Waals surface area contributed by atoms with Crippen molar-refractivity contribution < 1.29 is 5.11 Å². The van der Waals surface area contributed by atoms with Gasteiger partial charge in [-0.25, -0.2) is 0 Å². The molecule has 1 N–H and O–H groups in total. The first-order chi connectivity index (χ1) is 5.20. The second-order valence-electron chi connectivity index (χ2n) is 2.43. The molecule has 0 aliphatic heterocycles. The molecule has 0 amide bonds. The maximum atomic E-state index is 9.00. The molecule has 1 atom stereocenters. The third kappa shape index (κ3) is 5.48. The van der Waals surface area contributed by atoms with E-state index in [4.69, 9.17) is 18.0 Å². The molecule has 11 heavy (non-hydrogen) atoms. The minimum Gasteiger partial charge on any atom is -0.392 e. The van der Waals surface area contributed by atoms with Gasteiger partial charge in [0.1, 0.15) is 0 Å². The van der Waals surface area contributed by atoms with Gasteiger partial charge in [-0.1, -0.05) is 11.8 Å². The molecular formula is C9H13NO. The summed E-state index contributed by atoms with van der Waals surface area (Å²) in [6.45, 7) is 3.23. The highest BCUT2D eigenvalue weighted by atomic mass is 16.3. The Morgan fingerprint density at radius 2 is 1.82 bits per heavy atom. The molecule has 60 valence electrons. The highest BCUT2D eigenvalue weighted by Gasteiger charge is 2.03. The number of aliphatic hydroxyl groups excluding tert-OH is 1. The van der Waals surface area contributed by atoms with Crippen LogP contribution >= 0.6 is 0 Å². The summed E-state index contributed by atoms with van der Waals surface area (Å²) in [6.07, 6.45) is 9.81. The molecule has 0 fully saturated rings. The van der Waals surface area contributed by atoms with Crippen molar-refractivity contribution >= 4 is 0 Å². The van der Waals surface area contributed by atoms with Gasteiger partial charge in [0, 0.05) is 6.54 Å². The van der Waals surface area contributed by atoms with Gasteiger partial charge >= 0.3 is 0 Å². The van der Waals surface area contributed by atoms with Crippen molar-refractivity contribution in [3.63, 3.8) is 0 Å². The summed E-state index contributed by atoms with van der Waals surface area (Å²) < 4.78 is 0. The van der Waals surface area contributed by atoms with E-state index in [9.17, 15) is 0 Å². The van der Waals surface area contributed by atoms with Crippen molar-refractivity contribution in [2.24, 2.45) is 0 Å². The second kappa shape index (κ2) is 5.80. The predicted molar refractivity (Wildman–Crippen MR) is 45.8 cm³/mol. The van der Waals surface area contributed by atoms with E-state index in [0.29, 0.717) is 19.6 Å². The van der Waals surface area contributed by atoms with Crippen LogP contribution in [0.5, 0.6) is 0 Å². The van der Waals surface area contributed by atoms with Crippen molar-refractivity contribution in [2.45, 2.75) is 13.0 Å². The van der Waals surface area contributed by atoms with Gasteiger partial charge in [0.15, 0.2) is 0 Å². The van der Waals surface area contributed by atoms with E-state index in [1.807, 2.05) is 4.90 Å². The summed E-state index contributed by atoms with van der Waals surface area (Å²) in [5.74, 6) is 4.95. The summed E-state index contributed by atoms with van der Waals surface area (Å²) in [5.41, 5.74) is 0. The third-order valence-corrected chi connectivity index (χ3v) is 1.15. The van der Waals surface area contributed by atoms with Gasteiger partial charge in [0.05, 0.1) is 19.2 Å². The van der Waals surface area contributed by atoms with E-state index in [1.54, 1.807) is 6.92 Å². The van der Waals surface area contributed by atoms with Gasteiger partial charge in [-0.15, -0.1) is 12.8 Å². The molecule has 0 aromatic heterocycles. The van der Waals surface area contributed by atoms with Crippen LogP contribution in [0.1, 0.15) is 6.92 Å². The molecule has 0 saturated heterocycles. The van der Waals surface area contributed by atoms with E-state index in [0.717, 1.165) is 0 Å². The first-order valence-electron chi connectivity index (χ1n) is 3.48.